The number of azo groups is 1. The monoisotopic (exact) mass is 388 g/mol. The van der Waals surface area contributed by atoms with Gasteiger partial charge in [-0.15, -0.1) is 5.11 Å². The van der Waals surface area contributed by atoms with Crippen LogP contribution in [0.4, 0.5) is 11.4 Å². The lowest BCUT2D eigenvalue weighted by Crippen LogP contribution is -1.98. The third kappa shape index (κ3) is 5.66. The number of nitrogens with zero attached hydrogens (tertiary/aromatic N) is 2. The Balaban J connectivity index is 1.79. The molecule has 0 spiro atoms. The largest absolute Gasteiger partial charge is 0.491 e. The Kier molecular flexibility index (Phi) is 7.80. The number of fused-ring (bicyclic) bond motifs is 1. The molecule has 152 valence electrons. The van der Waals surface area contributed by atoms with Crippen molar-refractivity contribution in [1.82, 2.24) is 0 Å². The predicted molar refractivity (Wildman–Crippen MR) is 123 cm³/mol. The van der Waals surface area contributed by atoms with Gasteiger partial charge in [0, 0.05) is 5.39 Å². The molecule has 3 rings (SSSR count). The topological polar surface area (TPSA) is 34.0 Å². The molecular weight excluding hydrogens is 356 g/mol. The fourth-order valence-corrected chi connectivity index (χ4v) is 3.47. The van der Waals surface area contributed by atoms with Crippen LogP contribution in [0.25, 0.3) is 10.8 Å². The van der Waals surface area contributed by atoms with Crippen molar-refractivity contribution in [2.75, 3.05) is 6.61 Å². The average Bonchev–Trinajstić information content (AvgIpc) is 2.74. The molecule has 0 aromatic heterocycles. The summed E-state index contributed by atoms with van der Waals surface area (Å²) in [4.78, 5) is 0. The van der Waals surface area contributed by atoms with Crippen molar-refractivity contribution in [2.45, 2.75) is 59.3 Å². The molecule has 0 atom stereocenters. The summed E-state index contributed by atoms with van der Waals surface area (Å²) in [6.45, 7) is 7.15. The second-order valence-corrected chi connectivity index (χ2v) is 7.67. The number of rotatable bonds is 10. The van der Waals surface area contributed by atoms with Gasteiger partial charge in [-0.1, -0.05) is 81.5 Å². The van der Waals surface area contributed by atoms with Gasteiger partial charge < -0.3 is 4.74 Å². The van der Waals surface area contributed by atoms with E-state index in [2.05, 4.69) is 55.3 Å². The number of hydrogen-bond donors (Lipinski definition) is 0. The molecule has 29 heavy (non-hydrogen) atoms. The zero-order chi connectivity index (χ0) is 20.5. The average molecular weight is 389 g/mol. The highest BCUT2D eigenvalue weighted by Gasteiger charge is 2.09. The van der Waals surface area contributed by atoms with Crippen molar-refractivity contribution in [3.8, 4) is 5.75 Å². The fraction of sp³-hybridized carbons (Fsp3) is 0.385. The standard InChI is InChI=1S/C26H32N2O/c1-4-5-6-7-8-11-19-29-25-18-17-22-14-9-10-15-23(22)26(25)28-27-24-16-12-13-20(2)21(24)3/h9-10,12-18H,4-8,11,19H2,1-3H3. The van der Waals surface area contributed by atoms with E-state index in [-0.39, 0.29) is 0 Å². The summed E-state index contributed by atoms with van der Waals surface area (Å²) in [5.74, 6) is 0.811. The van der Waals surface area contributed by atoms with Crippen LogP contribution in [0.1, 0.15) is 56.6 Å². The summed E-state index contributed by atoms with van der Waals surface area (Å²) < 4.78 is 6.14. The molecule has 0 fully saturated rings. The number of aryl methyl sites for hydroxylation is 1. The molecule has 3 aromatic rings. The summed E-state index contributed by atoms with van der Waals surface area (Å²) in [5, 5.41) is 11.4. The molecule has 0 radical (unpaired) electrons. The number of ether oxygens (including phenoxy) is 1. The second-order valence-electron chi connectivity index (χ2n) is 7.67. The molecule has 0 aliphatic rings. The summed E-state index contributed by atoms with van der Waals surface area (Å²) >= 11 is 0. The third-order valence-corrected chi connectivity index (χ3v) is 5.45. The lowest BCUT2D eigenvalue weighted by molar-refractivity contribution is 0.305. The SMILES string of the molecule is CCCCCCCCOc1ccc2ccccc2c1N=Nc1cccc(C)c1C. The molecule has 3 aromatic carbocycles. The Bertz CT molecular complexity index is 962. The van der Waals surface area contributed by atoms with E-state index in [0.29, 0.717) is 0 Å². The quantitative estimate of drug-likeness (QED) is 0.253. The molecule has 0 N–H and O–H groups in total. The predicted octanol–water partition coefficient (Wildman–Crippen LogP) is 8.61. The van der Waals surface area contributed by atoms with Crippen molar-refractivity contribution in [1.29, 1.82) is 0 Å². The van der Waals surface area contributed by atoms with Gasteiger partial charge in [-0.25, -0.2) is 0 Å². The summed E-state index contributed by atoms with van der Waals surface area (Å²) in [6, 6.07) is 18.5. The van der Waals surface area contributed by atoms with Crippen molar-refractivity contribution in [3.63, 3.8) is 0 Å². The first-order chi connectivity index (χ1) is 14.2. The molecule has 0 amide bonds. The highest BCUT2D eigenvalue weighted by Crippen LogP contribution is 2.37. The van der Waals surface area contributed by atoms with E-state index in [4.69, 9.17) is 4.74 Å². The molecule has 0 bridgehead atoms. The second kappa shape index (κ2) is 10.8. The van der Waals surface area contributed by atoms with E-state index in [9.17, 15) is 0 Å². The van der Waals surface area contributed by atoms with Gasteiger partial charge in [-0.3, -0.25) is 0 Å². The van der Waals surface area contributed by atoms with Crippen molar-refractivity contribution >= 4 is 22.1 Å². The van der Waals surface area contributed by atoms with Gasteiger partial charge in [0.05, 0.1) is 12.3 Å². The van der Waals surface area contributed by atoms with Crippen LogP contribution < -0.4 is 4.74 Å². The van der Waals surface area contributed by atoms with Gasteiger partial charge in [0.1, 0.15) is 11.4 Å². The Morgan fingerprint density at radius 3 is 2.41 bits per heavy atom. The molecular formula is C26H32N2O. The maximum atomic E-state index is 6.14. The molecule has 0 aliphatic carbocycles. The molecule has 0 heterocycles. The number of unbranched alkanes of at least 4 members (excludes halogenated alkanes) is 5. The first-order valence-corrected chi connectivity index (χ1v) is 10.8. The van der Waals surface area contributed by atoms with Crippen LogP contribution in [0.5, 0.6) is 5.75 Å². The summed E-state index contributed by atoms with van der Waals surface area (Å²) in [6.07, 6.45) is 7.50. The van der Waals surface area contributed by atoms with Crippen molar-refractivity contribution in [3.05, 3.63) is 65.7 Å². The highest BCUT2D eigenvalue weighted by atomic mass is 16.5. The fourth-order valence-electron chi connectivity index (χ4n) is 3.47. The van der Waals surface area contributed by atoms with Gasteiger partial charge in [0.15, 0.2) is 0 Å². The summed E-state index contributed by atoms with van der Waals surface area (Å²) in [5.41, 5.74) is 4.10. The summed E-state index contributed by atoms with van der Waals surface area (Å²) in [7, 11) is 0. The van der Waals surface area contributed by atoms with Crippen molar-refractivity contribution in [2.24, 2.45) is 10.2 Å². The van der Waals surface area contributed by atoms with Crippen LogP contribution >= 0.6 is 0 Å². The first-order valence-electron chi connectivity index (χ1n) is 10.8. The lowest BCUT2D eigenvalue weighted by atomic mass is 10.1. The molecule has 0 saturated heterocycles. The van der Waals surface area contributed by atoms with Gasteiger partial charge >= 0.3 is 0 Å². The van der Waals surface area contributed by atoms with Crippen LogP contribution in [0, 0.1) is 13.8 Å². The van der Waals surface area contributed by atoms with Gasteiger partial charge in [-0.05, 0) is 48.9 Å². The Hall–Kier alpha value is -2.68. The Morgan fingerprint density at radius 1 is 0.759 bits per heavy atom. The lowest BCUT2D eigenvalue weighted by Gasteiger charge is -2.11. The normalized spacial score (nSPS) is 11.4. The maximum absolute atomic E-state index is 6.14. The van der Waals surface area contributed by atoms with E-state index in [1.54, 1.807) is 0 Å². The number of benzene rings is 3. The van der Waals surface area contributed by atoms with E-state index in [0.717, 1.165) is 46.5 Å². The maximum Gasteiger partial charge on any atom is 0.147 e. The van der Waals surface area contributed by atoms with Crippen molar-refractivity contribution < 1.29 is 4.74 Å². The van der Waals surface area contributed by atoms with Crippen LogP contribution in [0.3, 0.4) is 0 Å². The minimum absolute atomic E-state index is 0.719. The van der Waals surface area contributed by atoms with E-state index < -0.39 is 0 Å². The minimum atomic E-state index is 0.719. The Morgan fingerprint density at radius 2 is 1.55 bits per heavy atom. The minimum Gasteiger partial charge on any atom is -0.491 e. The molecule has 0 saturated carbocycles. The third-order valence-electron chi connectivity index (χ3n) is 5.45. The zero-order valence-corrected chi connectivity index (χ0v) is 17.9. The zero-order valence-electron chi connectivity index (χ0n) is 17.9. The van der Waals surface area contributed by atoms with Gasteiger partial charge in [-0.2, -0.15) is 5.11 Å². The van der Waals surface area contributed by atoms with Crippen LogP contribution in [-0.2, 0) is 0 Å². The molecule has 3 nitrogen and oxygen atoms in total. The van der Waals surface area contributed by atoms with E-state index in [1.807, 2.05) is 30.3 Å². The van der Waals surface area contributed by atoms with Crippen LogP contribution in [0.2, 0.25) is 0 Å². The van der Waals surface area contributed by atoms with Gasteiger partial charge in [0.2, 0.25) is 0 Å². The van der Waals surface area contributed by atoms with E-state index in [1.165, 1.54) is 37.7 Å². The van der Waals surface area contributed by atoms with Crippen LogP contribution in [0.15, 0.2) is 64.8 Å². The molecule has 3 heteroatoms. The molecule has 0 aliphatic heterocycles. The van der Waals surface area contributed by atoms with Crippen LogP contribution in [-0.4, -0.2) is 6.61 Å². The van der Waals surface area contributed by atoms with Gasteiger partial charge in [0.25, 0.3) is 0 Å². The first kappa shape index (κ1) is 21.0. The van der Waals surface area contributed by atoms with E-state index >= 15 is 0 Å². The Labute approximate surface area is 174 Å². The highest BCUT2D eigenvalue weighted by molar-refractivity contribution is 5.95. The smallest absolute Gasteiger partial charge is 0.147 e. The number of hydrogen-bond acceptors (Lipinski definition) is 3. The molecule has 0 unspecified atom stereocenters.